The SMILES string of the molecule is CS(=O)(=O)NC(=O)c1cc(-c2cc(F)ccc2F)no1. The van der Waals surface area contributed by atoms with Crippen molar-refractivity contribution in [3.63, 3.8) is 0 Å². The van der Waals surface area contributed by atoms with Crippen LogP contribution in [0.1, 0.15) is 10.6 Å². The highest BCUT2D eigenvalue weighted by Gasteiger charge is 2.19. The van der Waals surface area contributed by atoms with Gasteiger partial charge in [0, 0.05) is 11.6 Å². The van der Waals surface area contributed by atoms with E-state index >= 15 is 0 Å². The summed E-state index contributed by atoms with van der Waals surface area (Å²) in [5.74, 6) is -2.93. The van der Waals surface area contributed by atoms with Crippen molar-refractivity contribution in [1.29, 1.82) is 0 Å². The molecule has 0 aliphatic rings. The summed E-state index contributed by atoms with van der Waals surface area (Å²) in [5.41, 5.74) is -0.326. The topological polar surface area (TPSA) is 89.3 Å². The summed E-state index contributed by atoms with van der Waals surface area (Å²) in [4.78, 5) is 11.5. The lowest BCUT2D eigenvalue weighted by Crippen LogP contribution is -2.28. The van der Waals surface area contributed by atoms with Crippen molar-refractivity contribution in [2.24, 2.45) is 0 Å². The van der Waals surface area contributed by atoms with Gasteiger partial charge in [-0.15, -0.1) is 0 Å². The van der Waals surface area contributed by atoms with E-state index in [1.807, 2.05) is 0 Å². The first-order valence-corrected chi connectivity index (χ1v) is 7.09. The maximum absolute atomic E-state index is 13.5. The van der Waals surface area contributed by atoms with Crippen LogP contribution in [0.25, 0.3) is 11.3 Å². The van der Waals surface area contributed by atoms with Gasteiger partial charge >= 0.3 is 5.91 Å². The quantitative estimate of drug-likeness (QED) is 0.923. The number of hydrogen-bond acceptors (Lipinski definition) is 5. The molecule has 0 radical (unpaired) electrons. The molecule has 1 aromatic heterocycles. The molecule has 106 valence electrons. The number of aromatic nitrogens is 1. The van der Waals surface area contributed by atoms with Crippen molar-refractivity contribution in [2.75, 3.05) is 6.26 Å². The van der Waals surface area contributed by atoms with Gasteiger partial charge in [0.2, 0.25) is 15.8 Å². The lowest BCUT2D eigenvalue weighted by molar-refractivity contribution is 0.0946. The molecule has 0 saturated heterocycles. The molecule has 0 bridgehead atoms. The van der Waals surface area contributed by atoms with E-state index < -0.39 is 33.3 Å². The molecule has 1 aromatic carbocycles. The number of halogens is 2. The van der Waals surface area contributed by atoms with Gasteiger partial charge in [0.1, 0.15) is 17.3 Å². The van der Waals surface area contributed by atoms with Crippen LogP contribution in [0, 0.1) is 11.6 Å². The zero-order valence-corrected chi connectivity index (χ0v) is 10.9. The molecule has 6 nitrogen and oxygen atoms in total. The van der Waals surface area contributed by atoms with Gasteiger partial charge in [0.05, 0.1) is 6.26 Å². The number of hydrogen-bond donors (Lipinski definition) is 1. The maximum atomic E-state index is 13.5. The monoisotopic (exact) mass is 302 g/mol. The van der Waals surface area contributed by atoms with E-state index in [2.05, 4.69) is 9.68 Å². The summed E-state index contributed by atoms with van der Waals surface area (Å²) in [7, 11) is -3.76. The third kappa shape index (κ3) is 3.18. The van der Waals surface area contributed by atoms with Crippen LogP contribution in [0.3, 0.4) is 0 Å². The fourth-order valence-electron chi connectivity index (χ4n) is 1.42. The fraction of sp³-hybridized carbons (Fsp3) is 0.0909. The maximum Gasteiger partial charge on any atom is 0.303 e. The number of nitrogens with zero attached hydrogens (tertiary/aromatic N) is 1. The van der Waals surface area contributed by atoms with Crippen LogP contribution in [-0.4, -0.2) is 25.7 Å². The van der Waals surface area contributed by atoms with E-state index in [9.17, 15) is 22.0 Å². The van der Waals surface area contributed by atoms with Crippen LogP contribution in [0.2, 0.25) is 0 Å². The van der Waals surface area contributed by atoms with Gasteiger partial charge in [0.15, 0.2) is 0 Å². The van der Waals surface area contributed by atoms with Gasteiger partial charge in [-0.25, -0.2) is 21.9 Å². The number of nitrogens with one attached hydrogen (secondary N) is 1. The second kappa shape index (κ2) is 5.00. The molecular formula is C11H8F2N2O4S. The van der Waals surface area contributed by atoms with Gasteiger partial charge in [-0.2, -0.15) is 0 Å². The molecule has 1 heterocycles. The Morgan fingerprint density at radius 1 is 1.30 bits per heavy atom. The third-order valence-electron chi connectivity index (χ3n) is 2.22. The van der Waals surface area contributed by atoms with Crippen LogP contribution < -0.4 is 4.72 Å². The van der Waals surface area contributed by atoms with Crippen LogP contribution in [0.15, 0.2) is 28.8 Å². The second-order valence-electron chi connectivity index (χ2n) is 3.90. The van der Waals surface area contributed by atoms with Gasteiger partial charge in [-0.1, -0.05) is 5.16 Å². The van der Waals surface area contributed by atoms with Crippen molar-refractivity contribution in [1.82, 2.24) is 9.88 Å². The third-order valence-corrected chi connectivity index (χ3v) is 2.77. The first-order valence-electron chi connectivity index (χ1n) is 5.20. The molecule has 2 rings (SSSR count). The molecule has 20 heavy (non-hydrogen) atoms. The Morgan fingerprint density at radius 2 is 2.00 bits per heavy atom. The minimum absolute atomic E-state index is 0.124. The van der Waals surface area contributed by atoms with Gasteiger partial charge in [-0.3, -0.25) is 4.79 Å². The van der Waals surface area contributed by atoms with E-state index in [4.69, 9.17) is 0 Å². The summed E-state index contributed by atoms with van der Waals surface area (Å²) in [6.45, 7) is 0. The summed E-state index contributed by atoms with van der Waals surface area (Å²) >= 11 is 0. The van der Waals surface area contributed by atoms with Crippen molar-refractivity contribution in [3.05, 3.63) is 41.7 Å². The number of carbonyl (C=O) groups excluding carboxylic acids is 1. The van der Waals surface area contributed by atoms with Crippen LogP contribution in [-0.2, 0) is 10.0 Å². The van der Waals surface area contributed by atoms with E-state index in [0.29, 0.717) is 0 Å². The summed E-state index contributed by atoms with van der Waals surface area (Å²) < 4.78 is 54.6. The Kier molecular flexibility index (Phi) is 3.53. The molecule has 9 heteroatoms. The van der Waals surface area contributed by atoms with Gasteiger partial charge in [0.25, 0.3) is 0 Å². The van der Waals surface area contributed by atoms with Crippen molar-refractivity contribution in [3.8, 4) is 11.3 Å². The standard InChI is InChI=1S/C11H8F2N2O4S/c1-20(17,18)15-11(16)10-5-9(14-19-10)7-4-6(12)2-3-8(7)13/h2-5H,1H3,(H,15,16). The highest BCUT2D eigenvalue weighted by Crippen LogP contribution is 2.23. The number of sulfonamides is 1. The zero-order valence-electron chi connectivity index (χ0n) is 10.1. The molecule has 0 aliphatic carbocycles. The predicted octanol–water partition coefficient (Wildman–Crippen LogP) is 1.31. The Hall–Kier alpha value is -2.29. The highest BCUT2D eigenvalue weighted by atomic mass is 32.2. The van der Waals surface area contributed by atoms with Gasteiger partial charge < -0.3 is 4.52 Å². The smallest absolute Gasteiger partial charge is 0.303 e. The van der Waals surface area contributed by atoms with Crippen molar-refractivity contribution < 1.29 is 26.5 Å². The van der Waals surface area contributed by atoms with Crippen molar-refractivity contribution >= 4 is 15.9 Å². The average molecular weight is 302 g/mol. The zero-order chi connectivity index (χ0) is 14.9. The minimum Gasteiger partial charge on any atom is -0.350 e. The van der Waals surface area contributed by atoms with Crippen LogP contribution >= 0.6 is 0 Å². The van der Waals surface area contributed by atoms with Crippen LogP contribution in [0.4, 0.5) is 8.78 Å². The lowest BCUT2D eigenvalue weighted by Gasteiger charge is -1.98. The fourth-order valence-corrected chi connectivity index (χ4v) is 1.86. The second-order valence-corrected chi connectivity index (χ2v) is 5.65. The average Bonchev–Trinajstić information content (AvgIpc) is 2.79. The summed E-state index contributed by atoms with van der Waals surface area (Å²) in [5, 5.41) is 3.40. The van der Waals surface area contributed by atoms with E-state index in [0.717, 1.165) is 30.5 Å². The normalized spacial score (nSPS) is 11.3. The molecule has 2 aromatic rings. The number of benzene rings is 1. The first kappa shape index (κ1) is 14.1. The molecule has 1 N–H and O–H groups in total. The van der Waals surface area contributed by atoms with E-state index in [1.54, 1.807) is 4.72 Å². The Balaban J connectivity index is 2.34. The van der Waals surface area contributed by atoms with Crippen LogP contribution in [0.5, 0.6) is 0 Å². The largest absolute Gasteiger partial charge is 0.350 e. The van der Waals surface area contributed by atoms with E-state index in [1.165, 1.54) is 0 Å². The molecule has 0 saturated carbocycles. The highest BCUT2D eigenvalue weighted by molar-refractivity contribution is 7.89. The molecule has 1 amide bonds. The summed E-state index contributed by atoms with van der Waals surface area (Å²) in [6, 6.07) is 3.72. The van der Waals surface area contributed by atoms with E-state index in [-0.39, 0.29) is 11.3 Å². The molecule has 0 spiro atoms. The molecule has 0 atom stereocenters. The molecular weight excluding hydrogens is 294 g/mol. The van der Waals surface area contributed by atoms with Gasteiger partial charge in [-0.05, 0) is 18.2 Å². The number of carbonyl (C=O) groups is 1. The van der Waals surface area contributed by atoms with Crippen molar-refractivity contribution in [2.45, 2.75) is 0 Å². The number of rotatable bonds is 3. The first-order chi connectivity index (χ1) is 9.26. The Morgan fingerprint density at radius 3 is 2.65 bits per heavy atom. The molecule has 0 unspecified atom stereocenters. The lowest BCUT2D eigenvalue weighted by atomic mass is 10.1. The molecule has 0 fully saturated rings. The predicted molar refractivity (Wildman–Crippen MR) is 64.2 cm³/mol. The summed E-state index contributed by atoms with van der Waals surface area (Å²) in [6.07, 6.45) is 0.786. The Bertz CT molecular complexity index is 770. The molecule has 0 aliphatic heterocycles. The Labute approximate surface area is 112 Å². The minimum atomic E-state index is -3.76. The number of amides is 1.